The van der Waals surface area contributed by atoms with Gasteiger partial charge in [-0.2, -0.15) is 5.26 Å². The average molecular weight is 213 g/mol. The summed E-state index contributed by atoms with van der Waals surface area (Å²) in [5.74, 6) is -1.57. The van der Waals surface area contributed by atoms with E-state index in [9.17, 15) is 9.59 Å². The van der Waals surface area contributed by atoms with E-state index in [0.717, 1.165) is 0 Å². The third kappa shape index (κ3) is 7.50. The van der Waals surface area contributed by atoms with Crippen LogP contribution in [0.25, 0.3) is 0 Å². The molecule has 0 saturated carbocycles. The largest absolute Gasteiger partial charge is 0.481 e. The van der Waals surface area contributed by atoms with Gasteiger partial charge < -0.3 is 9.84 Å². The zero-order valence-corrected chi connectivity index (χ0v) is 8.95. The van der Waals surface area contributed by atoms with Gasteiger partial charge in [0, 0.05) is 6.42 Å². The fourth-order valence-electron chi connectivity index (χ4n) is 0.976. The van der Waals surface area contributed by atoms with Gasteiger partial charge in [0.2, 0.25) is 0 Å². The van der Waals surface area contributed by atoms with Crippen LogP contribution in [0.2, 0.25) is 0 Å². The Labute approximate surface area is 88.6 Å². The lowest BCUT2D eigenvalue weighted by atomic mass is 10.0. The van der Waals surface area contributed by atoms with Crippen LogP contribution in [0.1, 0.15) is 39.5 Å². The van der Waals surface area contributed by atoms with E-state index >= 15 is 0 Å². The molecule has 0 aromatic rings. The molecule has 5 nitrogen and oxygen atoms in total. The van der Waals surface area contributed by atoms with Crippen molar-refractivity contribution in [3.8, 4) is 6.07 Å². The molecule has 0 heterocycles. The quantitative estimate of drug-likeness (QED) is 0.675. The number of nitriles is 1. The van der Waals surface area contributed by atoms with Gasteiger partial charge in [-0.05, 0) is 20.3 Å². The maximum Gasteiger partial charge on any atom is 0.306 e. The number of hydrogen-bond donors (Lipinski definition) is 1. The molecule has 0 aliphatic rings. The summed E-state index contributed by atoms with van der Waals surface area (Å²) in [4.78, 5) is 21.3. The minimum atomic E-state index is -1.03. The van der Waals surface area contributed by atoms with E-state index in [1.165, 1.54) is 0 Å². The Balaban J connectivity index is 3.94. The summed E-state index contributed by atoms with van der Waals surface area (Å²) in [6.07, 6.45) is 0.389. The summed E-state index contributed by atoms with van der Waals surface area (Å²) in [6, 6.07) is 1.96. The molecule has 0 rings (SSSR count). The average Bonchev–Trinajstić information content (AvgIpc) is 2.11. The van der Waals surface area contributed by atoms with Crippen LogP contribution in [-0.4, -0.2) is 22.6 Å². The highest BCUT2D eigenvalue weighted by Gasteiger charge is 2.22. The molecule has 84 valence electrons. The number of carboxylic acids is 1. The fourth-order valence-corrected chi connectivity index (χ4v) is 0.976. The van der Waals surface area contributed by atoms with Crippen LogP contribution >= 0.6 is 0 Å². The molecule has 1 N–H and O–H groups in total. The van der Waals surface area contributed by atoms with Crippen molar-refractivity contribution in [2.45, 2.75) is 45.1 Å². The first-order valence-electron chi connectivity index (χ1n) is 4.68. The van der Waals surface area contributed by atoms with Gasteiger partial charge in [-0.1, -0.05) is 0 Å². The Morgan fingerprint density at radius 3 is 2.47 bits per heavy atom. The molecule has 0 aromatic heterocycles. The molecule has 15 heavy (non-hydrogen) atoms. The van der Waals surface area contributed by atoms with E-state index in [-0.39, 0.29) is 12.8 Å². The first-order chi connectivity index (χ1) is 6.87. The topological polar surface area (TPSA) is 87.4 Å². The molecular formula is C10H15NO4. The number of carbonyl (C=O) groups excluding carboxylic acids is 1. The number of aliphatic carboxylic acids is 1. The molecule has 0 aromatic carbocycles. The van der Waals surface area contributed by atoms with Crippen molar-refractivity contribution in [2.75, 3.05) is 0 Å². The highest BCUT2D eigenvalue weighted by molar-refractivity contribution is 5.76. The van der Waals surface area contributed by atoms with Crippen LogP contribution < -0.4 is 0 Å². The minimum absolute atomic E-state index is 0.134. The summed E-state index contributed by atoms with van der Waals surface area (Å²) in [6.45, 7) is 3.39. The van der Waals surface area contributed by atoms with Crippen molar-refractivity contribution in [2.24, 2.45) is 0 Å². The molecule has 0 fully saturated rings. The van der Waals surface area contributed by atoms with Crippen molar-refractivity contribution in [3.05, 3.63) is 0 Å². The molecule has 0 saturated heterocycles. The van der Waals surface area contributed by atoms with Crippen molar-refractivity contribution >= 4 is 11.9 Å². The van der Waals surface area contributed by atoms with Gasteiger partial charge in [0.1, 0.15) is 5.60 Å². The second-order valence-electron chi connectivity index (χ2n) is 3.79. The predicted octanol–water partition coefficient (Wildman–Crippen LogP) is 1.48. The van der Waals surface area contributed by atoms with Gasteiger partial charge in [0.25, 0.3) is 0 Å². The molecule has 5 heteroatoms. The SMILES string of the molecule is CC(C)(CCC#N)OC(=O)CCC(=O)O. The van der Waals surface area contributed by atoms with E-state index in [1.807, 2.05) is 6.07 Å². The first-order valence-corrected chi connectivity index (χ1v) is 4.68. The Bertz CT molecular complexity index is 278. The van der Waals surface area contributed by atoms with Crippen molar-refractivity contribution < 1.29 is 19.4 Å². The molecule has 0 amide bonds. The van der Waals surface area contributed by atoms with Gasteiger partial charge >= 0.3 is 11.9 Å². The third-order valence-electron chi connectivity index (χ3n) is 1.77. The highest BCUT2D eigenvalue weighted by atomic mass is 16.6. The lowest BCUT2D eigenvalue weighted by Gasteiger charge is -2.23. The van der Waals surface area contributed by atoms with Gasteiger partial charge in [-0.3, -0.25) is 9.59 Å². The van der Waals surface area contributed by atoms with Gasteiger partial charge in [-0.15, -0.1) is 0 Å². The van der Waals surface area contributed by atoms with Crippen LogP contribution in [0.3, 0.4) is 0 Å². The van der Waals surface area contributed by atoms with Crippen LogP contribution in [0.5, 0.6) is 0 Å². The zero-order valence-electron chi connectivity index (χ0n) is 8.95. The number of nitrogens with zero attached hydrogens (tertiary/aromatic N) is 1. The normalized spacial score (nSPS) is 10.5. The Morgan fingerprint density at radius 1 is 1.40 bits per heavy atom. The number of carboxylic acid groups (broad SMARTS) is 1. The number of esters is 1. The molecule has 0 unspecified atom stereocenters. The van der Waals surface area contributed by atoms with Gasteiger partial charge in [0.15, 0.2) is 0 Å². The number of ether oxygens (including phenoxy) is 1. The molecule has 0 bridgehead atoms. The fraction of sp³-hybridized carbons (Fsp3) is 0.700. The van der Waals surface area contributed by atoms with E-state index < -0.39 is 17.5 Å². The summed E-state index contributed by atoms with van der Waals surface area (Å²) in [5, 5.41) is 16.7. The molecule has 0 spiro atoms. The molecule has 0 aliphatic heterocycles. The number of rotatable bonds is 6. The van der Waals surface area contributed by atoms with E-state index in [0.29, 0.717) is 12.8 Å². The molecule has 0 atom stereocenters. The van der Waals surface area contributed by atoms with Crippen LogP contribution in [0, 0.1) is 11.3 Å². The zero-order chi connectivity index (χ0) is 11.9. The van der Waals surface area contributed by atoms with E-state index in [1.54, 1.807) is 13.8 Å². The Hall–Kier alpha value is -1.57. The van der Waals surface area contributed by atoms with Crippen molar-refractivity contribution in [3.63, 3.8) is 0 Å². The lowest BCUT2D eigenvalue weighted by molar-refractivity contribution is -0.159. The summed E-state index contributed by atoms with van der Waals surface area (Å²) < 4.78 is 5.04. The monoisotopic (exact) mass is 213 g/mol. The molecular weight excluding hydrogens is 198 g/mol. The second-order valence-corrected chi connectivity index (χ2v) is 3.79. The highest BCUT2D eigenvalue weighted by Crippen LogP contribution is 2.17. The van der Waals surface area contributed by atoms with E-state index in [2.05, 4.69) is 0 Å². The van der Waals surface area contributed by atoms with E-state index in [4.69, 9.17) is 15.1 Å². The molecule has 0 radical (unpaired) electrons. The lowest BCUT2D eigenvalue weighted by Crippen LogP contribution is -2.28. The minimum Gasteiger partial charge on any atom is -0.481 e. The smallest absolute Gasteiger partial charge is 0.306 e. The van der Waals surface area contributed by atoms with Crippen LogP contribution in [0.4, 0.5) is 0 Å². The van der Waals surface area contributed by atoms with Crippen molar-refractivity contribution in [1.29, 1.82) is 5.26 Å². The number of carbonyl (C=O) groups is 2. The van der Waals surface area contributed by atoms with Gasteiger partial charge in [0.05, 0.1) is 18.9 Å². The Kier molecular flexibility index (Phi) is 5.39. The predicted molar refractivity (Wildman–Crippen MR) is 51.9 cm³/mol. The third-order valence-corrected chi connectivity index (χ3v) is 1.77. The number of hydrogen-bond acceptors (Lipinski definition) is 4. The van der Waals surface area contributed by atoms with Crippen LogP contribution in [-0.2, 0) is 14.3 Å². The maximum absolute atomic E-state index is 11.2. The summed E-state index contributed by atoms with van der Waals surface area (Å²) in [7, 11) is 0. The van der Waals surface area contributed by atoms with Crippen LogP contribution in [0.15, 0.2) is 0 Å². The molecule has 0 aliphatic carbocycles. The summed E-state index contributed by atoms with van der Waals surface area (Å²) >= 11 is 0. The van der Waals surface area contributed by atoms with Crippen molar-refractivity contribution in [1.82, 2.24) is 0 Å². The standard InChI is InChI=1S/C10H15NO4/c1-10(2,6-3-7-11)15-9(14)5-4-8(12)13/h3-6H2,1-2H3,(H,12,13). The maximum atomic E-state index is 11.2. The summed E-state index contributed by atoms with van der Waals surface area (Å²) in [5.41, 5.74) is -0.703. The Morgan fingerprint density at radius 2 is 2.00 bits per heavy atom. The van der Waals surface area contributed by atoms with Gasteiger partial charge in [-0.25, -0.2) is 0 Å². The first kappa shape index (κ1) is 13.4. The second kappa shape index (κ2) is 6.02.